The third-order valence-electron chi connectivity index (χ3n) is 4.20. The van der Waals surface area contributed by atoms with Gasteiger partial charge in [0, 0.05) is 6.54 Å². The van der Waals surface area contributed by atoms with Crippen LogP contribution in [0.1, 0.15) is 75.2 Å². The average molecular weight is 447 g/mol. The van der Waals surface area contributed by atoms with E-state index in [-0.39, 0.29) is 18.4 Å². The van der Waals surface area contributed by atoms with E-state index in [4.69, 9.17) is 4.74 Å². The first-order valence-corrected chi connectivity index (χ1v) is 12.4. The summed E-state index contributed by atoms with van der Waals surface area (Å²) in [4.78, 5) is 26.2. The lowest BCUT2D eigenvalue weighted by molar-refractivity contribution is -0.164. The van der Waals surface area contributed by atoms with Gasteiger partial charge in [0.05, 0.1) is 18.1 Å². The maximum absolute atomic E-state index is 13.2. The summed E-state index contributed by atoms with van der Waals surface area (Å²) in [7, 11) is -3.64. The van der Waals surface area contributed by atoms with E-state index in [1.54, 1.807) is 20.8 Å². The molecule has 0 aliphatic carbocycles. The Morgan fingerprint density at radius 1 is 1.03 bits per heavy atom. The molecule has 0 radical (unpaired) electrons. The number of sulfonamides is 1. The molecule has 0 aliphatic rings. The van der Waals surface area contributed by atoms with Crippen LogP contribution >= 0.6 is 0 Å². The van der Waals surface area contributed by atoms with Crippen molar-refractivity contribution < 1.29 is 22.7 Å². The number of esters is 1. The zero-order chi connectivity index (χ0) is 23.9. The van der Waals surface area contributed by atoms with E-state index in [9.17, 15) is 18.0 Å². The van der Waals surface area contributed by atoms with Crippen molar-refractivity contribution in [2.24, 2.45) is 23.7 Å². The highest BCUT2D eigenvalue weighted by Gasteiger charge is 2.37. The second-order valence-corrected chi connectivity index (χ2v) is 12.0. The molecule has 0 saturated heterocycles. The Morgan fingerprint density at radius 2 is 1.57 bits per heavy atom. The second kappa shape index (κ2) is 11.8. The lowest BCUT2D eigenvalue weighted by Gasteiger charge is -2.31. The molecule has 0 saturated carbocycles. The van der Waals surface area contributed by atoms with Crippen LogP contribution in [0.4, 0.5) is 0 Å². The van der Waals surface area contributed by atoms with Crippen molar-refractivity contribution in [2.75, 3.05) is 12.8 Å². The molecule has 0 fully saturated rings. The number of hydrogen-bond donors (Lipinski definition) is 1. The molecule has 0 heterocycles. The van der Waals surface area contributed by atoms with Gasteiger partial charge in [-0.3, -0.25) is 15.0 Å². The Bertz CT molecular complexity index is 702. The van der Waals surface area contributed by atoms with Crippen molar-refractivity contribution in [1.29, 1.82) is 0 Å². The molecule has 0 rings (SSSR count). The van der Waals surface area contributed by atoms with Gasteiger partial charge in [-0.25, -0.2) is 8.42 Å². The van der Waals surface area contributed by atoms with Crippen LogP contribution in [0.5, 0.6) is 0 Å². The molecular formula is C22H42N2O5S. The van der Waals surface area contributed by atoms with Crippen LogP contribution < -0.4 is 5.43 Å². The van der Waals surface area contributed by atoms with Crippen LogP contribution in [-0.2, 0) is 24.3 Å². The number of ether oxygens (including phenoxy) is 1. The van der Waals surface area contributed by atoms with Gasteiger partial charge in [0.1, 0.15) is 5.60 Å². The Labute approximate surface area is 183 Å². The lowest BCUT2D eigenvalue weighted by atomic mass is 9.82. The summed E-state index contributed by atoms with van der Waals surface area (Å²) in [5.74, 6) is -2.19. The van der Waals surface area contributed by atoms with E-state index in [1.165, 1.54) is 0 Å². The molecule has 0 aromatic rings. The normalized spacial score (nSPS) is 14.6. The third-order valence-corrected chi connectivity index (χ3v) is 5.24. The van der Waals surface area contributed by atoms with Crippen molar-refractivity contribution >= 4 is 21.9 Å². The maximum atomic E-state index is 13.2. The zero-order valence-electron chi connectivity index (χ0n) is 20.4. The number of amides is 1. The van der Waals surface area contributed by atoms with Gasteiger partial charge >= 0.3 is 5.97 Å². The van der Waals surface area contributed by atoms with E-state index < -0.39 is 39.3 Å². The quantitative estimate of drug-likeness (QED) is 0.295. The van der Waals surface area contributed by atoms with Gasteiger partial charge in [-0.15, -0.1) is 4.41 Å². The molecular weight excluding hydrogens is 404 g/mol. The molecule has 8 heteroatoms. The monoisotopic (exact) mass is 446 g/mol. The van der Waals surface area contributed by atoms with Crippen molar-refractivity contribution in [3.05, 3.63) is 11.6 Å². The molecule has 0 aliphatic heterocycles. The number of rotatable bonds is 11. The van der Waals surface area contributed by atoms with Crippen LogP contribution in [0.25, 0.3) is 0 Å². The lowest BCUT2D eigenvalue weighted by Crippen LogP contribution is -2.51. The van der Waals surface area contributed by atoms with Gasteiger partial charge in [-0.1, -0.05) is 39.3 Å². The average Bonchev–Trinajstić information content (AvgIpc) is 2.49. The van der Waals surface area contributed by atoms with Crippen LogP contribution in [0.15, 0.2) is 11.6 Å². The van der Waals surface area contributed by atoms with Crippen molar-refractivity contribution in [3.8, 4) is 0 Å². The number of carbonyl (C=O) groups excluding carboxylic acids is 2. The van der Waals surface area contributed by atoms with E-state index in [2.05, 4.69) is 5.43 Å². The first kappa shape index (κ1) is 28.6. The SMILES string of the molecule is CC(C)=CC[C@H](C(=O)OC(C)(C)C)[C@@H](CC(C)C)C(=O)NN(CC(C)C)S(C)(=O)=O. The predicted octanol–water partition coefficient (Wildman–Crippen LogP) is 3.91. The molecule has 2 atom stereocenters. The van der Waals surface area contributed by atoms with Gasteiger partial charge in [0.25, 0.3) is 0 Å². The van der Waals surface area contributed by atoms with Crippen LogP contribution in [0.3, 0.4) is 0 Å². The molecule has 0 unspecified atom stereocenters. The minimum atomic E-state index is -3.64. The molecule has 176 valence electrons. The van der Waals surface area contributed by atoms with E-state index in [0.29, 0.717) is 12.8 Å². The Hall–Kier alpha value is -1.41. The van der Waals surface area contributed by atoms with Gasteiger partial charge in [0.2, 0.25) is 15.9 Å². The molecule has 0 aromatic carbocycles. The molecule has 1 amide bonds. The number of hydrazine groups is 1. The summed E-state index contributed by atoms with van der Waals surface area (Å²) in [5, 5.41) is 0. The number of carbonyl (C=O) groups is 2. The number of allylic oxidation sites excluding steroid dienone is 2. The predicted molar refractivity (Wildman–Crippen MR) is 121 cm³/mol. The van der Waals surface area contributed by atoms with Gasteiger partial charge < -0.3 is 4.74 Å². The Kier molecular flexibility index (Phi) is 11.3. The maximum Gasteiger partial charge on any atom is 0.310 e. The molecule has 0 bridgehead atoms. The molecule has 30 heavy (non-hydrogen) atoms. The largest absolute Gasteiger partial charge is 0.460 e. The third kappa shape index (κ3) is 11.7. The summed E-state index contributed by atoms with van der Waals surface area (Å²) >= 11 is 0. The molecule has 7 nitrogen and oxygen atoms in total. The fourth-order valence-electron chi connectivity index (χ4n) is 2.93. The Morgan fingerprint density at radius 3 is 1.93 bits per heavy atom. The fourth-order valence-corrected chi connectivity index (χ4v) is 3.75. The second-order valence-electron chi connectivity index (χ2n) is 10.1. The standard InChI is InChI=1S/C22H42N2O5S/c1-15(2)11-12-18(21(26)29-22(7,8)9)19(13-16(3)4)20(25)23-24(14-17(5)6)30(10,27)28/h11,16-19H,12-14H2,1-10H3,(H,23,25)/t18-,19+/m0/s1. The van der Waals surface area contributed by atoms with E-state index in [0.717, 1.165) is 16.2 Å². The first-order chi connectivity index (χ1) is 13.4. The molecule has 0 spiro atoms. The van der Waals surface area contributed by atoms with Gasteiger partial charge in [-0.2, -0.15) is 0 Å². The summed E-state index contributed by atoms with van der Waals surface area (Å²) in [6.45, 7) is 17.0. The first-order valence-electron chi connectivity index (χ1n) is 10.6. The van der Waals surface area contributed by atoms with Gasteiger partial charge in [-0.05, 0) is 59.3 Å². The van der Waals surface area contributed by atoms with E-state index >= 15 is 0 Å². The number of nitrogens with one attached hydrogen (secondary N) is 1. The number of hydrogen-bond acceptors (Lipinski definition) is 5. The van der Waals surface area contributed by atoms with E-state index in [1.807, 2.05) is 47.6 Å². The minimum absolute atomic E-state index is 0.0240. The summed E-state index contributed by atoms with van der Waals surface area (Å²) in [6, 6.07) is 0. The van der Waals surface area contributed by atoms with Crippen LogP contribution in [0.2, 0.25) is 0 Å². The van der Waals surface area contributed by atoms with Crippen molar-refractivity contribution in [1.82, 2.24) is 9.84 Å². The zero-order valence-corrected chi connectivity index (χ0v) is 21.2. The summed E-state index contributed by atoms with van der Waals surface area (Å²) in [6.07, 6.45) is 3.76. The minimum Gasteiger partial charge on any atom is -0.460 e. The highest BCUT2D eigenvalue weighted by atomic mass is 32.2. The summed E-state index contributed by atoms with van der Waals surface area (Å²) in [5.41, 5.74) is 2.90. The Balaban J connectivity index is 6.00. The smallest absolute Gasteiger partial charge is 0.310 e. The van der Waals surface area contributed by atoms with Crippen molar-refractivity contribution in [3.63, 3.8) is 0 Å². The van der Waals surface area contributed by atoms with Crippen molar-refractivity contribution in [2.45, 2.75) is 80.8 Å². The highest BCUT2D eigenvalue weighted by Crippen LogP contribution is 2.28. The summed E-state index contributed by atoms with van der Waals surface area (Å²) < 4.78 is 30.9. The van der Waals surface area contributed by atoms with Crippen LogP contribution in [-0.4, -0.2) is 43.1 Å². The molecule has 0 aromatic heterocycles. The highest BCUT2D eigenvalue weighted by molar-refractivity contribution is 7.88. The number of nitrogens with zero attached hydrogens (tertiary/aromatic N) is 1. The fraction of sp³-hybridized carbons (Fsp3) is 0.818. The van der Waals surface area contributed by atoms with Gasteiger partial charge in [0.15, 0.2) is 0 Å². The topological polar surface area (TPSA) is 92.8 Å². The van der Waals surface area contributed by atoms with Crippen LogP contribution in [0, 0.1) is 23.7 Å². The molecule has 1 N–H and O–H groups in total.